The number of hydrogen-bond acceptors (Lipinski definition) is 4. The highest BCUT2D eigenvalue weighted by molar-refractivity contribution is 14.1. The number of ether oxygens (including phenoxy) is 1. The summed E-state index contributed by atoms with van der Waals surface area (Å²) in [6.07, 6.45) is 3.17. The Morgan fingerprint density at radius 2 is 1.97 bits per heavy atom. The second-order valence-electron chi connectivity index (χ2n) is 6.76. The number of nitrogens with zero attached hydrogens (tertiary/aromatic N) is 2. The van der Waals surface area contributed by atoms with Gasteiger partial charge in [0.1, 0.15) is 11.6 Å². The van der Waals surface area contributed by atoms with E-state index in [1.807, 2.05) is 22.6 Å². The lowest BCUT2D eigenvalue weighted by molar-refractivity contribution is 0.0516. The maximum Gasteiger partial charge on any atom is 0.357 e. The van der Waals surface area contributed by atoms with E-state index in [1.165, 1.54) is 12.1 Å². The Morgan fingerprint density at radius 1 is 1.16 bits per heavy atom. The standard InChI is InChI=1S/C23H18F2IN3O2/c1-2-31-23(30)22-21(28-19-8-7-15(26)11-18(19)25)16-12-27-10-9-20(16)29(22)13-14-5-3-4-6-17(14)24/h3-12,28H,2,13H2,1H3. The summed E-state index contributed by atoms with van der Waals surface area (Å²) < 4.78 is 36.7. The highest BCUT2D eigenvalue weighted by Crippen LogP contribution is 2.35. The van der Waals surface area contributed by atoms with Crippen molar-refractivity contribution in [1.29, 1.82) is 0 Å². The van der Waals surface area contributed by atoms with Crippen LogP contribution in [-0.4, -0.2) is 22.1 Å². The molecule has 2 aromatic carbocycles. The van der Waals surface area contributed by atoms with E-state index in [9.17, 15) is 13.6 Å². The van der Waals surface area contributed by atoms with Crippen molar-refractivity contribution in [3.05, 3.63) is 87.4 Å². The molecule has 2 heterocycles. The lowest BCUT2D eigenvalue weighted by Gasteiger charge is -2.13. The molecule has 0 fully saturated rings. The summed E-state index contributed by atoms with van der Waals surface area (Å²) in [5.74, 6) is -1.43. The van der Waals surface area contributed by atoms with Crippen molar-refractivity contribution in [2.45, 2.75) is 13.5 Å². The van der Waals surface area contributed by atoms with E-state index in [2.05, 4.69) is 10.3 Å². The molecule has 0 saturated carbocycles. The fourth-order valence-electron chi connectivity index (χ4n) is 3.42. The molecule has 1 N–H and O–H groups in total. The van der Waals surface area contributed by atoms with Crippen LogP contribution < -0.4 is 5.32 Å². The normalized spacial score (nSPS) is 11.0. The summed E-state index contributed by atoms with van der Waals surface area (Å²) in [6, 6.07) is 12.8. The van der Waals surface area contributed by atoms with Gasteiger partial charge in [0.05, 0.1) is 30.0 Å². The second kappa shape index (κ2) is 9.01. The van der Waals surface area contributed by atoms with Crippen LogP contribution in [-0.2, 0) is 11.3 Å². The zero-order chi connectivity index (χ0) is 22.0. The van der Waals surface area contributed by atoms with Gasteiger partial charge in [-0.1, -0.05) is 18.2 Å². The number of halogens is 3. The molecule has 0 unspecified atom stereocenters. The first kappa shape index (κ1) is 21.2. The van der Waals surface area contributed by atoms with Crippen LogP contribution >= 0.6 is 22.6 Å². The molecule has 31 heavy (non-hydrogen) atoms. The predicted molar refractivity (Wildman–Crippen MR) is 124 cm³/mol. The highest BCUT2D eigenvalue weighted by Gasteiger charge is 2.25. The lowest BCUT2D eigenvalue weighted by atomic mass is 10.2. The fourth-order valence-corrected chi connectivity index (χ4v) is 3.88. The van der Waals surface area contributed by atoms with Gasteiger partial charge in [-0.2, -0.15) is 0 Å². The summed E-state index contributed by atoms with van der Waals surface area (Å²) in [5, 5.41) is 3.63. The lowest BCUT2D eigenvalue weighted by Crippen LogP contribution is -2.15. The molecule has 0 aliphatic carbocycles. The van der Waals surface area contributed by atoms with E-state index >= 15 is 0 Å². The van der Waals surface area contributed by atoms with Gasteiger partial charge in [0.15, 0.2) is 5.69 Å². The molecular weight excluding hydrogens is 515 g/mol. The average Bonchev–Trinajstić information content (AvgIpc) is 3.05. The quantitative estimate of drug-likeness (QED) is 0.248. The van der Waals surface area contributed by atoms with Crippen LogP contribution in [0.3, 0.4) is 0 Å². The number of fused-ring (bicyclic) bond motifs is 1. The molecule has 8 heteroatoms. The molecule has 4 rings (SSSR count). The molecule has 0 atom stereocenters. The fraction of sp³-hybridized carbons (Fsp3) is 0.130. The van der Waals surface area contributed by atoms with E-state index in [4.69, 9.17) is 4.74 Å². The summed E-state index contributed by atoms with van der Waals surface area (Å²) in [7, 11) is 0. The average molecular weight is 533 g/mol. The molecule has 0 amide bonds. The van der Waals surface area contributed by atoms with Crippen LogP contribution in [0, 0.1) is 15.2 Å². The van der Waals surface area contributed by atoms with Crippen LogP contribution in [0.5, 0.6) is 0 Å². The zero-order valence-electron chi connectivity index (χ0n) is 16.5. The Kier molecular flexibility index (Phi) is 6.17. The van der Waals surface area contributed by atoms with Crippen LogP contribution in [0.4, 0.5) is 20.2 Å². The minimum Gasteiger partial charge on any atom is -0.461 e. The minimum absolute atomic E-state index is 0.0954. The van der Waals surface area contributed by atoms with E-state index in [-0.39, 0.29) is 30.4 Å². The largest absolute Gasteiger partial charge is 0.461 e. The third kappa shape index (κ3) is 4.25. The zero-order valence-corrected chi connectivity index (χ0v) is 18.7. The van der Waals surface area contributed by atoms with Crippen molar-refractivity contribution in [3.63, 3.8) is 0 Å². The topological polar surface area (TPSA) is 56.1 Å². The third-order valence-electron chi connectivity index (χ3n) is 4.81. The Balaban J connectivity index is 1.93. The molecule has 5 nitrogen and oxygen atoms in total. The Bertz CT molecular complexity index is 1270. The number of nitrogens with one attached hydrogen (secondary N) is 1. The predicted octanol–water partition coefficient (Wildman–Crippen LogP) is 5.89. The number of rotatable bonds is 6. The first-order valence-corrected chi connectivity index (χ1v) is 10.7. The Hall–Kier alpha value is -3.01. The van der Waals surface area contributed by atoms with Crippen molar-refractivity contribution in [1.82, 2.24) is 9.55 Å². The number of pyridine rings is 1. The van der Waals surface area contributed by atoms with Crippen molar-refractivity contribution in [2.75, 3.05) is 11.9 Å². The van der Waals surface area contributed by atoms with Crippen LogP contribution in [0.15, 0.2) is 60.9 Å². The van der Waals surface area contributed by atoms with Gasteiger partial charge in [-0.3, -0.25) is 4.98 Å². The van der Waals surface area contributed by atoms with Gasteiger partial charge in [0.25, 0.3) is 0 Å². The third-order valence-corrected chi connectivity index (χ3v) is 5.48. The number of aromatic nitrogens is 2. The molecule has 4 aromatic rings. The molecule has 0 spiro atoms. The second-order valence-corrected chi connectivity index (χ2v) is 8.01. The van der Waals surface area contributed by atoms with Crippen molar-refractivity contribution >= 4 is 50.8 Å². The van der Waals surface area contributed by atoms with Crippen LogP contribution in [0.25, 0.3) is 10.9 Å². The number of carbonyl (C=O) groups excluding carboxylic acids is 1. The van der Waals surface area contributed by atoms with E-state index in [0.717, 1.165) is 3.57 Å². The van der Waals surface area contributed by atoms with Crippen LogP contribution in [0.1, 0.15) is 23.0 Å². The van der Waals surface area contributed by atoms with Crippen molar-refractivity contribution in [2.24, 2.45) is 0 Å². The molecule has 0 radical (unpaired) electrons. The number of carbonyl (C=O) groups is 1. The SMILES string of the molecule is CCOC(=O)c1c(Nc2ccc(I)cc2F)c2cnccc2n1Cc1ccccc1F. The van der Waals surface area contributed by atoms with E-state index < -0.39 is 11.8 Å². The number of hydrogen-bond donors (Lipinski definition) is 1. The van der Waals surface area contributed by atoms with Gasteiger partial charge in [-0.05, 0) is 59.8 Å². The number of anilines is 2. The van der Waals surface area contributed by atoms with Crippen LogP contribution in [0.2, 0.25) is 0 Å². The van der Waals surface area contributed by atoms with Gasteiger partial charge >= 0.3 is 5.97 Å². The maximum atomic E-state index is 14.6. The van der Waals surface area contributed by atoms with Crippen molar-refractivity contribution in [3.8, 4) is 0 Å². The van der Waals surface area contributed by atoms with E-state index in [0.29, 0.717) is 22.2 Å². The molecule has 0 aliphatic rings. The summed E-state index contributed by atoms with van der Waals surface area (Å²) in [5.41, 5.74) is 1.80. The van der Waals surface area contributed by atoms with Gasteiger partial charge in [0.2, 0.25) is 0 Å². The maximum absolute atomic E-state index is 14.6. The molecule has 0 bridgehead atoms. The monoisotopic (exact) mass is 533 g/mol. The van der Waals surface area contributed by atoms with Gasteiger partial charge in [-0.15, -0.1) is 0 Å². The molecule has 0 aliphatic heterocycles. The summed E-state index contributed by atoms with van der Waals surface area (Å²) in [4.78, 5) is 17.1. The first-order valence-electron chi connectivity index (χ1n) is 9.58. The Labute approximate surface area is 191 Å². The van der Waals surface area contributed by atoms with Crippen molar-refractivity contribution < 1.29 is 18.3 Å². The summed E-state index contributed by atoms with van der Waals surface area (Å²) in [6.45, 7) is 1.96. The van der Waals surface area contributed by atoms with E-state index in [1.54, 1.807) is 60.3 Å². The number of benzene rings is 2. The highest BCUT2D eigenvalue weighted by atomic mass is 127. The minimum atomic E-state index is -0.594. The molecular formula is C23H18F2IN3O2. The van der Waals surface area contributed by atoms with Gasteiger partial charge < -0.3 is 14.6 Å². The molecule has 2 aromatic heterocycles. The smallest absolute Gasteiger partial charge is 0.357 e. The summed E-state index contributed by atoms with van der Waals surface area (Å²) >= 11 is 2.02. The van der Waals surface area contributed by atoms with Gasteiger partial charge in [-0.25, -0.2) is 13.6 Å². The Morgan fingerprint density at radius 3 is 2.71 bits per heavy atom. The molecule has 158 valence electrons. The molecule has 0 saturated heterocycles. The number of esters is 1. The first-order chi connectivity index (χ1) is 15.0. The van der Waals surface area contributed by atoms with Gasteiger partial charge in [0, 0.05) is 26.9 Å².